The van der Waals surface area contributed by atoms with Gasteiger partial charge in [-0.2, -0.15) is 0 Å². The summed E-state index contributed by atoms with van der Waals surface area (Å²) in [7, 11) is 0. The number of hydrogen-bond donors (Lipinski definition) is 0. The molecule has 0 amide bonds. The van der Waals surface area contributed by atoms with Crippen molar-refractivity contribution in [1.29, 1.82) is 0 Å². The second-order valence-electron chi connectivity index (χ2n) is 16.1. The van der Waals surface area contributed by atoms with E-state index in [-0.39, 0.29) is 5.92 Å². The number of aromatic nitrogens is 3. The van der Waals surface area contributed by atoms with E-state index in [9.17, 15) is 0 Å². The van der Waals surface area contributed by atoms with E-state index < -0.39 is 0 Å². The van der Waals surface area contributed by atoms with Crippen molar-refractivity contribution in [3.63, 3.8) is 0 Å². The lowest BCUT2D eigenvalue weighted by Crippen LogP contribution is -2.14. The van der Waals surface area contributed by atoms with Crippen LogP contribution in [0, 0.1) is 0 Å². The zero-order valence-corrected chi connectivity index (χ0v) is 33.9. The fourth-order valence-corrected chi connectivity index (χ4v) is 9.65. The number of nitrogens with zero attached hydrogens (tertiary/aromatic N) is 4. The molecule has 62 heavy (non-hydrogen) atoms. The van der Waals surface area contributed by atoms with E-state index in [1.165, 1.54) is 61.0 Å². The fraction of sp³-hybridized carbons (Fsp3) is 0.0345. The maximum absolute atomic E-state index is 5.17. The summed E-state index contributed by atoms with van der Waals surface area (Å²) >= 11 is 0. The molecular weight excluding hydrogens is 753 g/mol. The molecule has 292 valence electrons. The van der Waals surface area contributed by atoms with E-state index in [0.717, 1.165) is 45.9 Å². The number of hydrogen-bond acceptors (Lipinski definition) is 3. The number of benzene rings is 8. The van der Waals surface area contributed by atoms with Gasteiger partial charge in [-0.3, -0.25) is 0 Å². The molecule has 0 bridgehead atoms. The normalized spacial score (nSPS) is 14.2. The monoisotopic (exact) mass is 792 g/mol. The van der Waals surface area contributed by atoms with Gasteiger partial charge in [-0.25, -0.2) is 9.97 Å². The van der Waals surface area contributed by atoms with Crippen LogP contribution in [-0.4, -0.2) is 14.5 Å². The third kappa shape index (κ3) is 6.07. The minimum Gasteiger partial charge on any atom is -0.313 e. The molecule has 8 aromatic carbocycles. The van der Waals surface area contributed by atoms with Gasteiger partial charge in [0, 0.05) is 50.5 Å². The van der Waals surface area contributed by atoms with Crippen LogP contribution in [0.15, 0.2) is 230 Å². The van der Waals surface area contributed by atoms with Crippen LogP contribution in [0.25, 0.3) is 83.6 Å². The van der Waals surface area contributed by atoms with Crippen LogP contribution in [0.5, 0.6) is 0 Å². The van der Waals surface area contributed by atoms with E-state index >= 15 is 0 Å². The molecule has 2 aromatic heterocycles. The Morgan fingerprint density at radius 2 is 1.06 bits per heavy atom. The highest BCUT2D eigenvalue weighted by molar-refractivity contribution is 6.10. The summed E-state index contributed by atoms with van der Waals surface area (Å²) in [5.41, 5.74) is 18.3. The molecule has 0 saturated carbocycles. The zero-order chi connectivity index (χ0) is 41.0. The van der Waals surface area contributed by atoms with E-state index in [1.54, 1.807) is 0 Å². The van der Waals surface area contributed by atoms with Gasteiger partial charge in [-0.1, -0.05) is 164 Å². The van der Waals surface area contributed by atoms with Gasteiger partial charge in [-0.05, 0) is 94.9 Å². The van der Waals surface area contributed by atoms with Gasteiger partial charge in [0.15, 0.2) is 5.82 Å². The Kier molecular flexibility index (Phi) is 8.60. The standard InChI is InChI=1S/C58H40N4/c1-4-17-39(18-5-1)51-38-52(60-58(59-51)40-19-6-2-7-20-40)44-23-14-22-43(35-44)47-29-16-32-55-57(47)50-28-11-13-31-54(50)62(55)46-26-15-21-41(36-46)42-33-34-49-48-27-10-12-30-53(48)61(56(49)37-42)45-24-8-3-9-25-45/h1-27,29-38,50H,28H2. The smallest absolute Gasteiger partial charge is 0.160 e. The van der Waals surface area contributed by atoms with Crippen LogP contribution in [0.4, 0.5) is 11.4 Å². The van der Waals surface area contributed by atoms with Gasteiger partial charge in [0.1, 0.15) is 0 Å². The van der Waals surface area contributed by atoms with Gasteiger partial charge in [-0.15, -0.1) is 0 Å². The molecular formula is C58H40N4. The summed E-state index contributed by atoms with van der Waals surface area (Å²) < 4.78 is 2.39. The van der Waals surface area contributed by atoms with Crippen LogP contribution >= 0.6 is 0 Å². The molecule has 1 unspecified atom stereocenters. The fourth-order valence-electron chi connectivity index (χ4n) is 9.65. The second kappa shape index (κ2) is 14.9. The molecule has 0 spiro atoms. The van der Waals surface area contributed by atoms with Crippen molar-refractivity contribution in [3.8, 4) is 61.8 Å². The quantitative estimate of drug-likeness (QED) is 0.161. The molecule has 0 radical (unpaired) electrons. The number of para-hydroxylation sites is 2. The van der Waals surface area contributed by atoms with Crippen molar-refractivity contribution in [1.82, 2.24) is 14.5 Å². The van der Waals surface area contributed by atoms with Gasteiger partial charge < -0.3 is 9.47 Å². The molecule has 4 heteroatoms. The zero-order valence-electron chi connectivity index (χ0n) is 33.9. The van der Waals surface area contributed by atoms with Gasteiger partial charge in [0.2, 0.25) is 0 Å². The highest BCUT2D eigenvalue weighted by atomic mass is 15.2. The summed E-state index contributed by atoms with van der Waals surface area (Å²) in [6.45, 7) is 0. The van der Waals surface area contributed by atoms with Crippen molar-refractivity contribution in [3.05, 3.63) is 236 Å². The predicted octanol–water partition coefficient (Wildman–Crippen LogP) is 15.0. The molecule has 1 aliphatic heterocycles. The van der Waals surface area contributed by atoms with Crippen LogP contribution in [0.2, 0.25) is 0 Å². The maximum Gasteiger partial charge on any atom is 0.160 e. The van der Waals surface area contributed by atoms with Crippen molar-refractivity contribution in [2.75, 3.05) is 4.90 Å². The third-order valence-corrected chi connectivity index (χ3v) is 12.5. The molecule has 12 rings (SSSR count). The van der Waals surface area contributed by atoms with Crippen molar-refractivity contribution in [2.45, 2.75) is 12.3 Å². The van der Waals surface area contributed by atoms with Gasteiger partial charge in [0.25, 0.3) is 0 Å². The largest absolute Gasteiger partial charge is 0.313 e. The molecule has 0 fully saturated rings. The number of rotatable bonds is 7. The molecule has 0 saturated heterocycles. The second-order valence-corrected chi connectivity index (χ2v) is 16.1. The Morgan fingerprint density at radius 3 is 1.90 bits per heavy atom. The highest BCUT2D eigenvalue weighted by Crippen LogP contribution is 2.54. The Hall–Kier alpha value is -8.08. The lowest BCUT2D eigenvalue weighted by molar-refractivity contribution is 0.821. The van der Waals surface area contributed by atoms with Gasteiger partial charge in [0.05, 0.1) is 28.1 Å². The topological polar surface area (TPSA) is 34.0 Å². The van der Waals surface area contributed by atoms with Crippen LogP contribution in [-0.2, 0) is 0 Å². The highest BCUT2D eigenvalue weighted by Gasteiger charge is 2.37. The minimum absolute atomic E-state index is 0.227. The average molecular weight is 793 g/mol. The SMILES string of the molecule is C1=CCC2C(=C1)N(c1cccc(-c3ccc4c5ccccc5n(-c5ccccc5)c4c3)c1)c1cccc(-c3cccc(-c4cc(-c5ccccc5)nc(-c5ccccc5)n4)c3)c12. The van der Waals surface area contributed by atoms with Crippen molar-refractivity contribution < 1.29 is 0 Å². The first-order valence-corrected chi connectivity index (χ1v) is 21.3. The molecule has 2 aliphatic rings. The minimum atomic E-state index is 0.227. The summed E-state index contributed by atoms with van der Waals surface area (Å²) in [5, 5.41) is 2.51. The summed E-state index contributed by atoms with van der Waals surface area (Å²) in [6, 6.07) is 73.8. The molecule has 0 N–H and O–H groups in total. The number of allylic oxidation sites excluding steroid dienone is 4. The molecule has 3 heterocycles. The van der Waals surface area contributed by atoms with Gasteiger partial charge >= 0.3 is 0 Å². The average Bonchev–Trinajstić information content (AvgIpc) is 3.87. The summed E-state index contributed by atoms with van der Waals surface area (Å²) in [5.74, 6) is 0.943. The molecule has 1 aliphatic carbocycles. The van der Waals surface area contributed by atoms with Crippen molar-refractivity contribution in [2.24, 2.45) is 0 Å². The van der Waals surface area contributed by atoms with E-state index in [2.05, 4.69) is 210 Å². The van der Waals surface area contributed by atoms with Crippen molar-refractivity contribution >= 4 is 33.2 Å². The lowest BCUT2D eigenvalue weighted by Gasteiger charge is -2.25. The van der Waals surface area contributed by atoms with Crippen LogP contribution in [0.1, 0.15) is 17.9 Å². The summed E-state index contributed by atoms with van der Waals surface area (Å²) in [6.07, 6.45) is 7.78. The first-order valence-electron chi connectivity index (χ1n) is 21.3. The Balaban J connectivity index is 0.954. The van der Waals surface area contributed by atoms with E-state index in [0.29, 0.717) is 5.82 Å². The first-order chi connectivity index (χ1) is 30.7. The van der Waals surface area contributed by atoms with E-state index in [1.807, 2.05) is 24.3 Å². The Morgan fingerprint density at radius 1 is 0.435 bits per heavy atom. The third-order valence-electron chi connectivity index (χ3n) is 12.5. The molecule has 10 aromatic rings. The number of fused-ring (bicyclic) bond motifs is 6. The first kappa shape index (κ1) is 35.8. The van der Waals surface area contributed by atoms with Crippen LogP contribution in [0.3, 0.4) is 0 Å². The number of anilines is 2. The van der Waals surface area contributed by atoms with Crippen LogP contribution < -0.4 is 4.90 Å². The maximum atomic E-state index is 5.17. The lowest BCUT2D eigenvalue weighted by atomic mass is 9.86. The van der Waals surface area contributed by atoms with E-state index in [4.69, 9.17) is 9.97 Å². The molecule has 4 nitrogen and oxygen atoms in total. The molecule has 1 atom stereocenters. The predicted molar refractivity (Wildman–Crippen MR) is 257 cm³/mol. The summed E-state index contributed by atoms with van der Waals surface area (Å²) in [4.78, 5) is 12.7. The Bertz CT molecular complexity index is 3320. The Labute approximate surface area is 361 Å².